The van der Waals surface area contributed by atoms with Crippen molar-refractivity contribution >= 4 is 98.7 Å². The van der Waals surface area contributed by atoms with Crippen molar-refractivity contribution in [1.29, 1.82) is 0 Å². The van der Waals surface area contributed by atoms with Gasteiger partial charge in [-0.1, -0.05) is 130 Å². The van der Waals surface area contributed by atoms with Gasteiger partial charge in [-0.25, -0.2) is 19.9 Å². The number of fused-ring (bicyclic) bond motifs is 7. The van der Waals surface area contributed by atoms with E-state index >= 15 is 0 Å². The highest BCUT2D eigenvalue weighted by Gasteiger charge is 2.46. The van der Waals surface area contributed by atoms with Crippen LogP contribution < -0.4 is 0 Å². The molecule has 3 atom stereocenters. The van der Waals surface area contributed by atoms with Crippen molar-refractivity contribution in [3.63, 3.8) is 0 Å². The van der Waals surface area contributed by atoms with Gasteiger partial charge in [-0.3, -0.25) is 0 Å². The van der Waals surface area contributed by atoms with Crippen molar-refractivity contribution in [2.75, 3.05) is 0 Å². The Hall–Kier alpha value is -8.50. The molecule has 0 bridgehead atoms. The average Bonchev–Trinajstić information content (AvgIpc) is 1.53. The van der Waals surface area contributed by atoms with Crippen LogP contribution in [0.4, 0.5) is 0 Å². The second-order valence-electron chi connectivity index (χ2n) is 23.2. The van der Waals surface area contributed by atoms with E-state index in [0.29, 0.717) is 0 Å². The third-order valence-electron chi connectivity index (χ3n) is 17.8. The van der Waals surface area contributed by atoms with Crippen LogP contribution in [0.2, 0.25) is 0 Å². The second kappa shape index (κ2) is 25.0. The Balaban J connectivity index is 0.00000130. The largest absolute Gasteiger partial charge is 0.305 e. The molecule has 0 radical (unpaired) electrons. The van der Waals surface area contributed by atoms with Crippen LogP contribution in [-0.2, 0) is 0 Å². The molecule has 0 fully saturated rings. The van der Waals surface area contributed by atoms with E-state index in [1.807, 2.05) is 48.3 Å². The molecule has 0 saturated heterocycles. The molecule has 7 aromatic carbocycles. The summed E-state index contributed by atoms with van der Waals surface area (Å²) in [5, 5.41) is 12.7. The molecule has 458 valence electrons. The number of aromatic nitrogens is 6. The predicted octanol–water partition coefficient (Wildman–Crippen LogP) is 24.3. The second-order valence-corrected chi connectivity index (χ2v) is 35.3. The molecule has 6 aromatic heterocycles. The molecule has 94 heavy (non-hydrogen) atoms. The minimum Gasteiger partial charge on any atom is -0.305 e. The maximum atomic E-state index is 4.83. The molecule has 0 N–H and O–H groups in total. The first-order valence-electron chi connectivity index (χ1n) is 31.5. The molecule has 3 unspecified atom stereocenters. The van der Waals surface area contributed by atoms with Crippen molar-refractivity contribution in [2.24, 2.45) is 0 Å². The molecular formula is C80H60N6S8. The summed E-state index contributed by atoms with van der Waals surface area (Å²) in [7, 11) is -3.89. The van der Waals surface area contributed by atoms with Crippen LogP contribution in [-0.4, -0.2) is 39.6 Å². The van der Waals surface area contributed by atoms with Gasteiger partial charge in [0.15, 0.2) is 0 Å². The summed E-state index contributed by atoms with van der Waals surface area (Å²) >= 11 is 10.7. The molecule has 0 saturated carbocycles. The number of benzene rings is 7. The lowest BCUT2D eigenvalue weighted by Gasteiger charge is -2.39. The standard InChI is InChI=1S/C75H48N6S8.C5H12/c1-2-7-15-52(14-6-1)88(53-16-8-3-9-17-53)68-30-22-48(42-56(68)58-44-50(24-32-70(58)88)80-60(72-76-34-38-82-72)26-27-61(80)73-77-35-39-83-73)64-46-66-67(86-64)47-65(87-66)49-23-31-69-57(43-49)59-45-51(81-62(74-78-36-40-84-74)28-29-63(81)75-79-37-41-85-75)25-33-71(59)89(69,54-18-10-4-11-19-54)55-20-12-5-13-21-55;1-3-5-4-2/h1-14,16-47,66-67H;3-5H2,1-2H3. The fraction of sp³-hybridized carbons (Fsp3) is 0.0875. The lowest BCUT2D eigenvalue weighted by atomic mass is 10.0. The van der Waals surface area contributed by atoms with Crippen LogP contribution in [0, 0.1) is 0 Å². The highest BCUT2D eigenvalue weighted by Crippen LogP contribution is 2.82. The van der Waals surface area contributed by atoms with E-state index in [1.165, 1.54) is 102 Å². The number of hydrogen-bond acceptors (Lipinski definition) is 10. The van der Waals surface area contributed by atoms with Crippen molar-refractivity contribution in [3.05, 3.63) is 299 Å². The van der Waals surface area contributed by atoms with E-state index in [9.17, 15) is 0 Å². The van der Waals surface area contributed by atoms with Crippen molar-refractivity contribution in [1.82, 2.24) is 29.1 Å². The fourth-order valence-electron chi connectivity index (χ4n) is 13.8. The zero-order chi connectivity index (χ0) is 62.7. The Morgan fingerprint density at radius 3 is 1.17 bits per heavy atom. The molecule has 13 aromatic rings. The first kappa shape index (κ1) is 59.3. The summed E-state index contributed by atoms with van der Waals surface area (Å²) in [5.41, 5.74) is 17.8. The molecular weight excluding hydrogens is 1300 g/mol. The van der Waals surface area contributed by atoms with Gasteiger partial charge in [-0.2, -0.15) is 0 Å². The van der Waals surface area contributed by atoms with E-state index in [4.69, 9.17) is 19.9 Å². The SMILES string of the molecule is C1=CC=CC=CC=1S1(c2ccccc2)c2ccc(C3=CC4SC(c5ccc6c(c5)-c5cc(-n7c(-c8nccs8)ccc7-c7nccs7)ccc5S6(c5ccccc5)c5ccccc5)=CC4S3)cc2-c2cc(-n3c(-c4nccs4)ccc3-c3nccs3)ccc21.CCCCC. The minimum atomic E-state index is -1.99. The van der Waals surface area contributed by atoms with Crippen LogP contribution in [0.3, 0.4) is 0 Å². The normalized spacial score (nSPS) is 18.6. The number of allylic oxidation sites excluding steroid dienone is 4. The van der Waals surface area contributed by atoms with E-state index in [-0.39, 0.29) is 10.5 Å². The van der Waals surface area contributed by atoms with Gasteiger partial charge < -0.3 is 9.13 Å². The smallest absolute Gasteiger partial charge is 0.140 e. The van der Waals surface area contributed by atoms with Gasteiger partial charge in [0, 0.05) is 117 Å². The Morgan fingerprint density at radius 2 is 0.787 bits per heavy atom. The first-order valence-corrected chi connectivity index (χ1v) is 40.1. The van der Waals surface area contributed by atoms with E-state index in [0.717, 1.165) is 54.2 Å². The maximum absolute atomic E-state index is 4.83. The van der Waals surface area contributed by atoms with Gasteiger partial charge in [-0.05, 0) is 167 Å². The summed E-state index contributed by atoms with van der Waals surface area (Å²) < 4.78 is 4.72. The van der Waals surface area contributed by atoms with Crippen LogP contribution in [0.1, 0.15) is 44.2 Å². The van der Waals surface area contributed by atoms with Crippen molar-refractivity contribution in [2.45, 2.75) is 77.9 Å². The molecule has 0 spiro atoms. The molecule has 4 aliphatic heterocycles. The highest BCUT2D eigenvalue weighted by atomic mass is 32.3. The lowest BCUT2D eigenvalue weighted by Crippen LogP contribution is -2.04. The van der Waals surface area contributed by atoms with E-state index in [2.05, 4.69) is 281 Å². The summed E-state index contributed by atoms with van der Waals surface area (Å²) in [5.74, 6) is 0. The number of nitrogens with zero attached hydrogens (tertiary/aromatic N) is 6. The molecule has 14 heteroatoms. The Kier molecular flexibility index (Phi) is 15.8. The number of unbranched alkanes of at least 4 members (excludes halogenated alkanes) is 2. The lowest BCUT2D eigenvalue weighted by molar-refractivity contribution is 0.772. The molecule has 5 aliphatic rings. The van der Waals surface area contributed by atoms with E-state index < -0.39 is 20.1 Å². The minimum absolute atomic E-state index is 0.278. The van der Waals surface area contributed by atoms with Crippen LogP contribution >= 0.6 is 88.9 Å². The maximum Gasteiger partial charge on any atom is 0.140 e. The van der Waals surface area contributed by atoms with Crippen LogP contribution in [0.25, 0.3) is 86.2 Å². The number of thiazole rings is 4. The Morgan fingerprint density at radius 1 is 0.404 bits per heavy atom. The average molecular weight is 1360 g/mol. The zero-order valence-electron chi connectivity index (χ0n) is 51.3. The summed E-state index contributed by atoms with van der Waals surface area (Å²) in [6.07, 6.45) is 27.5. The van der Waals surface area contributed by atoms with Gasteiger partial charge >= 0.3 is 0 Å². The van der Waals surface area contributed by atoms with Gasteiger partial charge in [0.1, 0.15) is 20.0 Å². The van der Waals surface area contributed by atoms with Gasteiger partial charge in [-0.15, -0.1) is 94.7 Å². The van der Waals surface area contributed by atoms with Crippen molar-refractivity contribution in [3.8, 4) is 76.4 Å². The topological polar surface area (TPSA) is 61.4 Å². The number of rotatable bonds is 14. The Labute approximate surface area is 575 Å². The van der Waals surface area contributed by atoms with Crippen LogP contribution in [0.5, 0.6) is 0 Å². The number of thioether (sulfide) groups is 2. The molecule has 1 aliphatic carbocycles. The fourth-order valence-corrected chi connectivity index (χ4v) is 27.7. The van der Waals surface area contributed by atoms with Gasteiger partial charge in [0.25, 0.3) is 0 Å². The molecule has 10 heterocycles. The predicted molar refractivity (Wildman–Crippen MR) is 403 cm³/mol. The Bertz CT molecular complexity index is 5040. The number of hydrogen-bond donors (Lipinski definition) is 0. The first-order chi connectivity index (χ1) is 46.5. The molecule has 18 rings (SSSR count). The summed E-state index contributed by atoms with van der Waals surface area (Å²) in [4.78, 5) is 32.5. The zero-order valence-corrected chi connectivity index (χ0v) is 57.8. The monoisotopic (exact) mass is 1360 g/mol. The highest BCUT2D eigenvalue weighted by molar-refractivity contribution is 8.37. The quantitative estimate of drug-likeness (QED) is 0.101. The molecule has 0 amide bonds. The van der Waals surface area contributed by atoms with Crippen LogP contribution in [0.15, 0.2) is 322 Å². The van der Waals surface area contributed by atoms with Gasteiger partial charge in [0.05, 0.1) is 22.8 Å². The molecule has 6 nitrogen and oxygen atoms in total. The third kappa shape index (κ3) is 9.83. The van der Waals surface area contributed by atoms with Crippen molar-refractivity contribution < 1.29 is 0 Å². The van der Waals surface area contributed by atoms with Gasteiger partial charge in [0.2, 0.25) is 0 Å². The third-order valence-corrected chi connectivity index (χ3v) is 31.8. The summed E-state index contributed by atoms with van der Waals surface area (Å²) in [6, 6.07) is 71.5. The summed E-state index contributed by atoms with van der Waals surface area (Å²) in [6.45, 7) is 4.42. The van der Waals surface area contributed by atoms with E-state index in [1.54, 1.807) is 45.3 Å².